The molecule has 0 aliphatic rings. The first-order valence-corrected chi connectivity index (χ1v) is 4.14. The van der Waals surface area contributed by atoms with Crippen molar-refractivity contribution in [2.24, 2.45) is 0 Å². The van der Waals surface area contributed by atoms with Crippen molar-refractivity contribution in [1.29, 1.82) is 0 Å². The molecule has 0 spiro atoms. The predicted octanol–water partition coefficient (Wildman–Crippen LogP) is 0.141. The van der Waals surface area contributed by atoms with Gasteiger partial charge in [-0.3, -0.25) is 4.79 Å². The van der Waals surface area contributed by atoms with Crippen LogP contribution in [0.1, 0.15) is 12.0 Å². The number of aliphatic carboxylic acids is 1. The topological polar surface area (TPSA) is 80.4 Å². The highest BCUT2D eigenvalue weighted by Gasteiger charge is 2.01. The maximum absolute atomic E-state index is 10.3. The largest absolute Gasteiger partial charge is 0.481 e. The van der Waals surface area contributed by atoms with Gasteiger partial charge in [0.15, 0.2) is 5.65 Å². The lowest BCUT2D eigenvalue weighted by molar-refractivity contribution is -0.136. The number of tetrazole rings is 1. The molecule has 14 heavy (non-hydrogen) atoms. The summed E-state index contributed by atoms with van der Waals surface area (Å²) in [5.41, 5.74) is 1.57. The second-order valence-electron chi connectivity index (χ2n) is 2.91. The second kappa shape index (κ2) is 3.41. The summed E-state index contributed by atoms with van der Waals surface area (Å²) in [4.78, 5) is 10.3. The van der Waals surface area contributed by atoms with Crippen LogP contribution >= 0.6 is 0 Å². The number of nitrogens with zero attached hydrogens (tertiary/aromatic N) is 4. The minimum atomic E-state index is -0.804. The van der Waals surface area contributed by atoms with Crippen LogP contribution in [0.3, 0.4) is 0 Å². The Balaban J connectivity index is 2.21. The number of hydrogen-bond acceptors (Lipinski definition) is 4. The van der Waals surface area contributed by atoms with Crippen LogP contribution in [0.2, 0.25) is 0 Å². The summed E-state index contributed by atoms with van der Waals surface area (Å²) in [5.74, 6) is -0.804. The Hall–Kier alpha value is -1.98. The van der Waals surface area contributed by atoms with Crippen molar-refractivity contribution >= 4 is 11.6 Å². The van der Waals surface area contributed by atoms with Gasteiger partial charge in [0.1, 0.15) is 0 Å². The summed E-state index contributed by atoms with van der Waals surface area (Å²) in [5, 5.41) is 19.4. The van der Waals surface area contributed by atoms with E-state index in [1.54, 1.807) is 12.3 Å². The molecule has 0 radical (unpaired) electrons. The second-order valence-corrected chi connectivity index (χ2v) is 2.91. The molecule has 72 valence electrons. The van der Waals surface area contributed by atoms with E-state index in [4.69, 9.17) is 5.11 Å². The van der Waals surface area contributed by atoms with Crippen molar-refractivity contribution in [2.45, 2.75) is 12.8 Å². The number of aromatic nitrogens is 4. The number of fused-ring (bicyclic) bond motifs is 1. The third-order valence-electron chi connectivity index (χ3n) is 1.88. The lowest BCUT2D eigenvalue weighted by atomic mass is 10.1. The Morgan fingerprint density at radius 2 is 2.36 bits per heavy atom. The van der Waals surface area contributed by atoms with Crippen LogP contribution < -0.4 is 0 Å². The molecule has 0 aliphatic carbocycles. The van der Waals surface area contributed by atoms with Crippen molar-refractivity contribution in [2.75, 3.05) is 0 Å². The summed E-state index contributed by atoms with van der Waals surface area (Å²) in [6.45, 7) is 0. The molecule has 0 unspecified atom stereocenters. The van der Waals surface area contributed by atoms with Gasteiger partial charge in [-0.25, -0.2) is 4.52 Å². The quantitative estimate of drug-likeness (QED) is 0.748. The number of aryl methyl sites for hydroxylation is 1. The first-order chi connectivity index (χ1) is 6.75. The van der Waals surface area contributed by atoms with Crippen LogP contribution in [0.25, 0.3) is 5.65 Å². The van der Waals surface area contributed by atoms with Gasteiger partial charge < -0.3 is 5.11 Å². The fourth-order valence-corrected chi connectivity index (χ4v) is 1.18. The highest BCUT2D eigenvalue weighted by atomic mass is 16.4. The first kappa shape index (κ1) is 8.61. The van der Waals surface area contributed by atoms with E-state index in [9.17, 15) is 4.79 Å². The summed E-state index contributed by atoms with van der Waals surface area (Å²) in [6.07, 6.45) is 2.34. The molecule has 0 aromatic carbocycles. The third-order valence-corrected chi connectivity index (χ3v) is 1.88. The SMILES string of the molecule is O=C(O)CCc1ccc2nnnn2c1. The molecule has 2 heterocycles. The number of hydrogen-bond donors (Lipinski definition) is 1. The van der Waals surface area contributed by atoms with E-state index in [2.05, 4.69) is 15.5 Å². The molecule has 0 saturated heterocycles. The molecule has 2 aromatic rings. The molecule has 0 aliphatic heterocycles. The molecular formula is C8H8N4O2. The zero-order valence-corrected chi connectivity index (χ0v) is 7.29. The lowest BCUT2D eigenvalue weighted by Crippen LogP contribution is -1.99. The van der Waals surface area contributed by atoms with Crippen molar-refractivity contribution in [3.63, 3.8) is 0 Å². The van der Waals surface area contributed by atoms with Gasteiger partial charge in [0.25, 0.3) is 0 Å². The molecule has 6 nitrogen and oxygen atoms in total. The number of carboxylic acid groups (broad SMARTS) is 1. The number of rotatable bonds is 3. The Bertz CT molecular complexity index is 465. The van der Waals surface area contributed by atoms with Crippen molar-refractivity contribution in [1.82, 2.24) is 20.0 Å². The molecule has 0 fully saturated rings. The van der Waals surface area contributed by atoms with Crippen LogP contribution in [0, 0.1) is 0 Å². The molecule has 0 atom stereocenters. The molecule has 0 saturated carbocycles. The van der Waals surface area contributed by atoms with E-state index in [1.165, 1.54) is 4.52 Å². The van der Waals surface area contributed by atoms with Gasteiger partial charge in [-0.1, -0.05) is 6.07 Å². The van der Waals surface area contributed by atoms with Crippen LogP contribution in [0.15, 0.2) is 18.3 Å². The highest BCUT2D eigenvalue weighted by Crippen LogP contribution is 2.04. The van der Waals surface area contributed by atoms with Gasteiger partial charge in [0, 0.05) is 12.6 Å². The van der Waals surface area contributed by atoms with Crippen LogP contribution in [-0.4, -0.2) is 31.1 Å². The minimum absolute atomic E-state index is 0.119. The third kappa shape index (κ3) is 1.68. The average molecular weight is 192 g/mol. The first-order valence-electron chi connectivity index (χ1n) is 4.14. The fraction of sp³-hybridized carbons (Fsp3) is 0.250. The normalized spacial score (nSPS) is 10.6. The highest BCUT2D eigenvalue weighted by molar-refractivity contribution is 5.67. The van der Waals surface area contributed by atoms with E-state index < -0.39 is 5.97 Å². The van der Waals surface area contributed by atoms with E-state index in [-0.39, 0.29) is 6.42 Å². The van der Waals surface area contributed by atoms with Crippen LogP contribution in [0.5, 0.6) is 0 Å². The Kier molecular flexibility index (Phi) is 2.10. The van der Waals surface area contributed by atoms with Gasteiger partial charge in [-0.15, -0.1) is 5.10 Å². The maximum Gasteiger partial charge on any atom is 0.303 e. The molecule has 1 N–H and O–H groups in total. The predicted molar refractivity (Wildman–Crippen MR) is 46.7 cm³/mol. The molecule has 2 aromatic heterocycles. The lowest BCUT2D eigenvalue weighted by Gasteiger charge is -1.97. The zero-order valence-electron chi connectivity index (χ0n) is 7.29. The summed E-state index contributed by atoms with van der Waals surface area (Å²) < 4.78 is 1.52. The fourth-order valence-electron chi connectivity index (χ4n) is 1.18. The number of carboxylic acids is 1. The van der Waals surface area contributed by atoms with Gasteiger partial charge in [-0.2, -0.15) is 0 Å². The summed E-state index contributed by atoms with van der Waals surface area (Å²) in [7, 11) is 0. The average Bonchev–Trinajstić information content (AvgIpc) is 2.61. The van der Waals surface area contributed by atoms with Gasteiger partial charge in [0.2, 0.25) is 0 Å². The van der Waals surface area contributed by atoms with Crippen molar-refractivity contribution in [3.05, 3.63) is 23.9 Å². The molecule has 6 heteroatoms. The molecule has 0 bridgehead atoms. The summed E-state index contributed by atoms with van der Waals surface area (Å²) in [6, 6.07) is 3.59. The number of pyridine rings is 1. The van der Waals surface area contributed by atoms with Gasteiger partial charge >= 0.3 is 5.97 Å². The Labute approximate surface area is 79.2 Å². The van der Waals surface area contributed by atoms with E-state index in [0.717, 1.165) is 5.56 Å². The van der Waals surface area contributed by atoms with Gasteiger partial charge in [-0.05, 0) is 28.5 Å². The van der Waals surface area contributed by atoms with Crippen molar-refractivity contribution in [3.8, 4) is 0 Å². The van der Waals surface area contributed by atoms with E-state index >= 15 is 0 Å². The molecule has 0 amide bonds. The monoisotopic (exact) mass is 192 g/mol. The maximum atomic E-state index is 10.3. The Morgan fingerprint density at radius 1 is 1.50 bits per heavy atom. The summed E-state index contributed by atoms with van der Waals surface area (Å²) >= 11 is 0. The minimum Gasteiger partial charge on any atom is -0.481 e. The van der Waals surface area contributed by atoms with Crippen molar-refractivity contribution < 1.29 is 9.90 Å². The number of carbonyl (C=O) groups is 1. The van der Waals surface area contributed by atoms with Crippen LogP contribution in [0.4, 0.5) is 0 Å². The molecule has 2 rings (SSSR count). The zero-order chi connectivity index (χ0) is 9.97. The van der Waals surface area contributed by atoms with E-state index in [0.29, 0.717) is 12.1 Å². The Morgan fingerprint density at radius 3 is 3.14 bits per heavy atom. The van der Waals surface area contributed by atoms with Gasteiger partial charge in [0.05, 0.1) is 0 Å². The standard InChI is InChI=1S/C8H8N4O2/c13-8(14)4-2-6-1-3-7-9-10-11-12(7)5-6/h1,3,5H,2,4H2,(H,13,14). The molecular weight excluding hydrogens is 184 g/mol. The van der Waals surface area contributed by atoms with E-state index in [1.807, 2.05) is 6.07 Å². The smallest absolute Gasteiger partial charge is 0.303 e. The van der Waals surface area contributed by atoms with Crippen LogP contribution in [-0.2, 0) is 11.2 Å².